The number of rotatable bonds is 6. The monoisotopic (exact) mass is 271 g/mol. The highest BCUT2D eigenvalue weighted by atomic mass is 15.3. The summed E-state index contributed by atoms with van der Waals surface area (Å²) in [7, 11) is 3.99. The van der Waals surface area contributed by atoms with Crippen LogP contribution in [0.3, 0.4) is 0 Å². The largest absolute Gasteiger partial charge is 0.311 e. The first-order chi connectivity index (χ1) is 9.67. The molecule has 0 bridgehead atoms. The molecule has 0 radical (unpaired) electrons. The predicted molar refractivity (Wildman–Crippen MR) is 83.6 cm³/mol. The number of nitrogens with zero attached hydrogens (tertiary/aromatic N) is 2. The van der Waals surface area contributed by atoms with Crippen LogP contribution in [0, 0.1) is 5.92 Å². The first-order valence-electron chi connectivity index (χ1n) is 7.39. The van der Waals surface area contributed by atoms with Crippen LogP contribution in [0.5, 0.6) is 0 Å². The fourth-order valence-electron chi connectivity index (χ4n) is 2.89. The zero-order chi connectivity index (χ0) is 14.5. The van der Waals surface area contributed by atoms with Gasteiger partial charge in [0.1, 0.15) is 0 Å². The third kappa shape index (κ3) is 3.10. The van der Waals surface area contributed by atoms with Gasteiger partial charge in [-0.25, -0.2) is 0 Å². The summed E-state index contributed by atoms with van der Waals surface area (Å²) in [6.45, 7) is 4.58. The second-order valence-corrected chi connectivity index (χ2v) is 5.50. The van der Waals surface area contributed by atoms with Crippen molar-refractivity contribution in [2.45, 2.75) is 32.2 Å². The standard InChI is InChI=1S/C17H25N3/c1-5-13(2)16(14-9-7-6-8-10-14)17(18-3)15-11-12-20(4)19-15/h6-13,16-18H,5H2,1-4H3. The number of hydrogen-bond donors (Lipinski definition) is 1. The Morgan fingerprint density at radius 3 is 2.40 bits per heavy atom. The van der Waals surface area contributed by atoms with Crippen molar-refractivity contribution in [3.05, 3.63) is 53.9 Å². The Hall–Kier alpha value is -1.61. The number of benzene rings is 1. The third-order valence-corrected chi connectivity index (χ3v) is 4.16. The van der Waals surface area contributed by atoms with Gasteiger partial charge in [-0.05, 0) is 24.6 Å². The van der Waals surface area contributed by atoms with E-state index in [0.29, 0.717) is 11.8 Å². The Morgan fingerprint density at radius 2 is 1.90 bits per heavy atom. The van der Waals surface area contributed by atoms with E-state index >= 15 is 0 Å². The van der Waals surface area contributed by atoms with Gasteiger partial charge < -0.3 is 5.32 Å². The second kappa shape index (κ2) is 6.71. The molecule has 0 aliphatic rings. The highest BCUT2D eigenvalue weighted by molar-refractivity contribution is 5.25. The van der Waals surface area contributed by atoms with Gasteiger partial charge >= 0.3 is 0 Å². The molecule has 1 aromatic carbocycles. The van der Waals surface area contributed by atoms with Crippen LogP contribution < -0.4 is 5.32 Å². The zero-order valence-electron chi connectivity index (χ0n) is 12.9. The van der Waals surface area contributed by atoms with Crippen LogP contribution in [0.4, 0.5) is 0 Å². The van der Waals surface area contributed by atoms with Crippen molar-refractivity contribution in [2.75, 3.05) is 7.05 Å². The van der Waals surface area contributed by atoms with Crippen molar-refractivity contribution in [2.24, 2.45) is 13.0 Å². The summed E-state index contributed by atoms with van der Waals surface area (Å²) in [5, 5.41) is 8.07. The second-order valence-electron chi connectivity index (χ2n) is 5.50. The van der Waals surface area contributed by atoms with Gasteiger partial charge in [-0.1, -0.05) is 50.6 Å². The van der Waals surface area contributed by atoms with Gasteiger partial charge in [0.05, 0.1) is 11.7 Å². The lowest BCUT2D eigenvalue weighted by molar-refractivity contribution is 0.348. The lowest BCUT2D eigenvalue weighted by Crippen LogP contribution is -2.28. The average molecular weight is 271 g/mol. The number of aromatic nitrogens is 2. The minimum Gasteiger partial charge on any atom is -0.311 e. The summed E-state index contributed by atoms with van der Waals surface area (Å²) < 4.78 is 1.87. The Balaban J connectivity index is 2.39. The molecule has 0 fully saturated rings. The maximum absolute atomic E-state index is 4.60. The molecule has 0 aliphatic carbocycles. The maximum Gasteiger partial charge on any atom is 0.0800 e. The fourth-order valence-corrected chi connectivity index (χ4v) is 2.89. The minimum absolute atomic E-state index is 0.244. The Morgan fingerprint density at radius 1 is 1.20 bits per heavy atom. The van der Waals surface area contributed by atoms with E-state index in [-0.39, 0.29) is 6.04 Å². The molecule has 0 spiro atoms. The normalized spacial score (nSPS) is 15.8. The lowest BCUT2D eigenvalue weighted by Gasteiger charge is -2.31. The van der Waals surface area contributed by atoms with Crippen molar-refractivity contribution < 1.29 is 0 Å². The van der Waals surface area contributed by atoms with Gasteiger partial charge in [0.25, 0.3) is 0 Å². The summed E-state index contributed by atoms with van der Waals surface area (Å²) in [5.41, 5.74) is 2.50. The van der Waals surface area contributed by atoms with Crippen LogP contribution in [0.1, 0.15) is 43.5 Å². The number of nitrogens with one attached hydrogen (secondary N) is 1. The van der Waals surface area contributed by atoms with E-state index in [1.54, 1.807) is 0 Å². The van der Waals surface area contributed by atoms with Crippen LogP contribution in [-0.2, 0) is 7.05 Å². The molecule has 1 N–H and O–H groups in total. The minimum atomic E-state index is 0.244. The number of aryl methyl sites for hydroxylation is 1. The van der Waals surface area contributed by atoms with Gasteiger partial charge in [0.2, 0.25) is 0 Å². The molecule has 3 heteroatoms. The van der Waals surface area contributed by atoms with Crippen molar-refractivity contribution in [1.29, 1.82) is 0 Å². The highest BCUT2D eigenvalue weighted by Crippen LogP contribution is 2.37. The summed E-state index contributed by atoms with van der Waals surface area (Å²) in [5.74, 6) is 1.03. The van der Waals surface area contributed by atoms with Crippen LogP contribution >= 0.6 is 0 Å². The van der Waals surface area contributed by atoms with Crippen LogP contribution in [0.15, 0.2) is 42.6 Å². The van der Waals surface area contributed by atoms with Crippen molar-refractivity contribution in [1.82, 2.24) is 15.1 Å². The summed E-state index contributed by atoms with van der Waals surface area (Å²) in [6.07, 6.45) is 3.17. The van der Waals surface area contributed by atoms with Gasteiger partial charge in [0.15, 0.2) is 0 Å². The molecular formula is C17H25N3. The maximum atomic E-state index is 4.60. The molecule has 108 valence electrons. The van der Waals surface area contributed by atoms with Crippen molar-refractivity contribution in [3.63, 3.8) is 0 Å². The molecule has 2 aromatic rings. The van der Waals surface area contributed by atoms with E-state index in [2.05, 4.69) is 60.7 Å². The van der Waals surface area contributed by atoms with E-state index < -0.39 is 0 Å². The molecule has 0 saturated carbocycles. The molecule has 0 saturated heterocycles. The average Bonchev–Trinajstić information content (AvgIpc) is 2.91. The predicted octanol–water partition coefficient (Wildman–Crippen LogP) is 3.51. The first-order valence-corrected chi connectivity index (χ1v) is 7.39. The number of likely N-dealkylation sites (N-methyl/N-ethyl adjacent to an activating group) is 1. The van der Waals surface area contributed by atoms with Gasteiger partial charge in [0, 0.05) is 19.2 Å². The van der Waals surface area contributed by atoms with E-state index in [4.69, 9.17) is 0 Å². The Labute approximate surface area is 122 Å². The molecular weight excluding hydrogens is 246 g/mol. The molecule has 0 aliphatic heterocycles. The topological polar surface area (TPSA) is 29.9 Å². The Kier molecular flexibility index (Phi) is 4.96. The lowest BCUT2D eigenvalue weighted by atomic mass is 9.79. The fraction of sp³-hybridized carbons (Fsp3) is 0.471. The molecule has 3 nitrogen and oxygen atoms in total. The third-order valence-electron chi connectivity index (χ3n) is 4.16. The van der Waals surface area contributed by atoms with Crippen molar-refractivity contribution >= 4 is 0 Å². The van der Waals surface area contributed by atoms with E-state index in [0.717, 1.165) is 12.1 Å². The van der Waals surface area contributed by atoms with E-state index in [1.807, 2.05) is 25.0 Å². The quantitative estimate of drug-likeness (QED) is 0.871. The summed E-state index contributed by atoms with van der Waals surface area (Å²) >= 11 is 0. The Bertz CT molecular complexity index is 518. The van der Waals surface area contributed by atoms with Crippen LogP contribution in [0.2, 0.25) is 0 Å². The van der Waals surface area contributed by atoms with Crippen molar-refractivity contribution in [3.8, 4) is 0 Å². The van der Waals surface area contributed by atoms with Gasteiger partial charge in [-0.2, -0.15) is 5.10 Å². The summed E-state index contributed by atoms with van der Waals surface area (Å²) in [6, 6.07) is 13.1. The molecule has 1 heterocycles. The number of hydrogen-bond acceptors (Lipinski definition) is 2. The molecule has 2 rings (SSSR count). The van der Waals surface area contributed by atoms with Crippen LogP contribution in [-0.4, -0.2) is 16.8 Å². The molecule has 1 aromatic heterocycles. The van der Waals surface area contributed by atoms with Gasteiger partial charge in [-0.3, -0.25) is 4.68 Å². The van der Waals surface area contributed by atoms with Crippen LogP contribution in [0.25, 0.3) is 0 Å². The van der Waals surface area contributed by atoms with E-state index in [9.17, 15) is 0 Å². The summed E-state index contributed by atoms with van der Waals surface area (Å²) in [4.78, 5) is 0. The molecule has 3 unspecified atom stereocenters. The van der Waals surface area contributed by atoms with E-state index in [1.165, 1.54) is 5.56 Å². The molecule has 20 heavy (non-hydrogen) atoms. The smallest absolute Gasteiger partial charge is 0.0800 e. The first kappa shape index (κ1) is 14.8. The highest BCUT2D eigenvalue weighted by Gasteiger charge is 2.29. The molecule has 3 atom stereocenters. The van der Waals surface area contributed by atoms with Gasteiger partial charge in [-0.15, -0.1) is 0 Å². The SMILES string of the molecule is CCC(C)C(c1ccccc1)C(NC)c1ccn(C)n1. The molecule has 0 amide bonds. The zero-order valence-corrected chi connectivity index (χ0v) is 12.9.